The van der Waals surface area contributed by atoms with E-state index in [1.165, 1.54) is 6.07 Å². The Hall–Kier alpha value is -1.46. The zero-order valence-corrected chi connectivity index (χ0v) is 11.9. The molecular weight excluding hydrogens is 257 g/mol. The van der Waals surface area contributed by atoms with Crippen molar-refractivity contribution >= 4 is 5.91 Å². The van der Waals surface area contributed by atoms with E-state index in [0.29, 0.717) is 18.5 Å². The van der Waals surface area contributed by atoms with Crippen molar-refractivity contribution in [2.24, 2.45) is 5.73 Å². The maximum absolute atomic E-state index is 14.2. The number of carbonyl (C=O) groups is 1. The molecule has 1 heterocycles. The minimum Gasteiger partial charge on any atom is -0.368 e. The van der Waals surface area contributed by atoms with Gasteiger partial charge in [0.05, 0.1) is 0 Å². The molecule has 1 amide bonds. The smallest absolute Gasteiger partial charge is 0.242 e. The molecule has 1 fully saturated rings. The normalized spacial score (nSPS) is 20.1. The lowest BCUT2D eigenvalue weighted by Gasteiger charge is -2.41. The van der Waals surface area contributed by atoms with E-state index in [2.05, 4.69) is 5.32 Å². The molecule has 5 heteroatoms. The molecule has 1 atom stereocenters. The summed E-state index contributed by atoms with van der Waals surface area (Å²) in [5.41, 5.74) is 5.03. The van der Waals surface area contributed by atoms with Crippen LogP contribution >= 0.6 is 0 Å². The van der Waals surface area contributed by atoms with Gasteiger partial charge >= 0.3 is 0 Å². The molecule has 4 nitrogen and oxygen atoms in total. The summed E-state index contributed by atoms with van der Waals surface area (Å²) in [6, 6.07) is 6.44. The second kappa shape index (κ2) is 6.33. The first-order valence-electron chi connectivity index (χ1n) is 7.13. The van der Waals surface area contributed by atoms with E-state index in [-0.39, 0.29) is 5.82 Å². The van der Waals surface area contributed by atoms with Gasteiger partial charge in [-0.2, -0.15) is 0 Å². The largest absolute Gasteiger partial charge is 0.368 e. The topological polar surface area (TPSA) is 58.4 Å². The molecule has 1 aromatic carbocycles. The minimum atomic E-state index is -1.06. The van der Waals surface area contributed by atoms with Crippen LogP contribution in [0, 0.1) is 5.82 Å². The molecule has 1 saturated heterocycles. The summed E-state index contributed by atoms with van der Waals surface area (Å²) >= 11 is 0. The van der Waals surface area contributed by atoms with E-state index in [0.717, 1.165) is 26.1 Å². The lowest BCUT2D eigenvalue weighted by molar-refractivity contribution is -0.131. The van der Waals surface area contributed by atoms with Crippen LogP contribution in [0.25, 0.3) is 0 Å². The monoisotopic (exact) mass is 279 g/mol. The number of amides is 1. The highest BCUT2D eigenvalue weighted by Crippen LogP contribution is 2.34. The predicted molar refractivity (Wildman–Crippen MR) is 76.6 cm³/mol. The van der Waals surface area contributed by atoms with Gasteiger partial charge in [-0.1, -0.05) is 25.1 Å². The summed E-state index contributed by atoms with van der Waals surface area (Å²) in [7, 11) is 0. The van der Waals surface area contributed by atoms with E-state index in [1.54, 1.807) is 18.2 Å². The van der Waals surface area contributed by atoms with Gasteiger partial charge in [-0.3, -0.25) is 9.69 Å². The maximum Gasteiger partial charge on any atom is 0.242 e. The van der Waals surface area contributed by atoms with E-state index >= 15 is 0 Å². The van der Waals surface area contributed by atoms with Gasteiger partial charge in [-0.05, 0) is 25.5 Å². The Morgan fingerprint density at radius 2 is 2.15 bits per heavy atom. The summed E-state index contributed by atoms with van der Waals surface area (Å²) in [5, 5.41) is 3.29. The quantitative estimate of drug-likeness (QED) is 0.871. The molecule has 1 aliphatic heterocycles. The molecular formula is C15H22FN3O. The number of carbonyl (C=O) groups excluding carboxylic acids is 1. The molecule has 20 heavy (non-hydrogen) atoms. The Morgan fingerprint density at radius 3 is 2.80 bits per heavy atom. The molecule has 1 aromatic rings. The number of rotatable bonds is 4. The molecule has 1 aliphatic rings. The van der Waals surface area contributed by atoms with Crippen molar-refractivity contribution in [2.75, 3.05) is 26.2 Å². The first-order chi connectivity index (χ1) is 9.63. The van der Waals surface area contributed by atoms with Crippen molar-refractivity contribution in [3.63, 3.8) is 0 Å². The summed E-state index contributed by atoms with van der Waals surface area (Å²) in [5.74, 6) is -0.850. The van der Waals surface area contributed by atoms with Gasteiger partial charge in [0.1, 0.15) is 11.4 Å². The van der Waals surface area contributed by atoms with Gasteiger partial charge in [0.15, 0.2) is 0 Å². The standard InChI is InChI=1S/C15H22FN3O/c1-2-15(14(17)20,12-6-3-4-7-13(12)16)19-10-5-8-18-9-11-19/h3-4,6-7,18H,2,5,8-11H2,1H3,(H2,17,20). The van der Waals surface area contributed by atoms with Crippen LogP contribution < -0.4 is 11.1 Å². The average molecular weight is 279 g/mol. The van der Waals surface area contributed by atoms with Crippen molar-refractivity contribution in [1.29, 1.82) is 0 Å². The number of hydrogen-bond donors (Lipinski definition) is 2. The Kier molecular flexibility index (Phi) is 4.73. The minimum absolute atomic E-state index is 0.370. The first-order valence-corrected chi connectivity index (χ1v) is 7.13. The van der Waals surface area contributed by atoms with Crippen LogP contribution in [0.5, 0.6) is 0 Å². The molecule has 0 bridgehead atoms. The van der Waals surface area contributed by atoms with Crippen LogP contribution in [0.1, 0.15) is 25.3 Å². The summed E-state index contributed by atoms with van der Waals surface area (Å²) < 4.78 is 14.2. The van der Waals surface area contributed by atoms with Gasteiger partial charge in [-0.25, -0.2) is 4.39 Å². The van der Waals surface area contributed by atoms with Crippen molar-refractivity contribution < 1.29 is 9.18 Å². The van der Waals surface area contributed by atoms with Gasteiger partial charge in [0.2, 0.25) is 5.91 Å². The molecule has 0 aromatic heterocycles. The fourth-order valence-electron chi connectivity index (χ4n) is 3.07. The zero-order chi connectivity index (χ0) is 14.6. The van der Waals surface area contributed by atoms with Crippen LogP contribution in [0.2, 0.25) is 0 Å². The lowest BCUT2D eigenvalue weighted by atomic mass is 9.84. The molecule has 2 rings (SSSR count). The van der Waals surface area contributed by atoms with E-state index in [4.69, 9.17) is 5.73 Å². The van der Waals surface area contributed by atoms with Crippen molar-refractivity contribution in [3.8, 4) is 0 Å². The molecule has 3 N–H and O–H groups in total. The second-order valence-electron chi connectivity index (χ2n) is 5.15. The predicted octanol–water partition coefficient (Wildman–Crippen LogP) is 1.21. The first kappa shape index (κ1) is 14.9. The van der Waals surface area contributed by atoms with Crippen LogP contribution in [0.3, 0.4) is 0 Å². The fraction of sp³-hybridized carbons (Fsp3) is 0.533. The van der Waals surface area contributed by atoms with Crippen LogP contribution in [0.4, 0.5) is 4.39 Å². The zero-order valence-electron chi connectivity index (χ0n) is 11.9. The molecule has 110 valence electrons. The SMILES string of the molecule is CCC(C(N)=O)(c1ccccc1F)N1CCCNCC1. The highest BCUT2D eigenvalue weighted by atomic mass is 19.1. The van der Waals surface area contributed by atoms with Gasteiger partial charge in [-0.15, -0.1) is 0 Å². The van der Waals surface area contributed by atoms with Crippen LogP contribution in [0.15, 0.2) is 24.3 Å². The highest BCUT2D eigenvalue weighted by Gasteiger charge is 2.44. The van der Waals surface area contributed by atoms with E-state index in [9.17, 15) is 9.18 Å². The van der Waals surface area contributed by atoms with E-state index in [1.807, 2.05) is 11.8 Å². The number of nitrogens with one attached hydrogen (secondary N) is 1. The Balaban J connectivity index is 2.49. The van der Waals surface area contributed by atoms with Gasteiger partial charge in [0.25, 0.3) is 0 Å². The number of nitrogens with two attached hydrogens (primary N) is 1. The molecule has 0 spiro atoms. The number of benzene rings is 1. The van der Waals surface area contributed by atoms with Crippen LogP contribution in [-0.2, 0) is 10.3 Å². The van der Waals surface area contributed by atoms with Crippen molar-refractivity contribution in [3.05, 3.63) is 35.6 Å². The highest BCUT2D eigenvalue weighted by molar-refractivity contribution is 5.86. The Morgan fingerprint density at radius 1 is 1.40 bits per heavy atom. The van der Waals surface area contributed by atoms with Gasteiger partial charge < -0.3 is 11.1 Å². The van der Waals surface area contributed by atoms with Crippen molar-refractivity contribution in [1.82, 2.24) is 10.2 Å². The number of hydrogen-bond acceptors (Lipinski definition) is 3. The maximum atomic E-state index is 14.2. The molecule has 1 unspecified atom stereocenters. The third-order valence-corrected chi connectivity index (χ3v) is 4.12. The van der Waals surface area contributed by atoms with Crippen LogP contribution in [-0.4, -0.2) is 37.0 Å². The number of primary amides is 1. The third-order valence-electron chi connectivity index (χ3n) is 4.12. The number of halogens is 1. The Labute approximate surface area is 119 Å². The fourth-order valence-corrected chi connectivity index (χ4v) is 3.07. The van der Waals surface area contributed by atoms with Crippen molar-refractivity contribution in [2.45, 2.75) is 25.3 Å². The average Bonchev–Trinajstić information content (AvgIpc) is 2.71. The molecule has 0 aliphatic carbocycles. The van der Waals surface area contributed by atoms with E-state index < -0.39 is 11.4 Å². The lowest BCUT2D eigenvalue weighted by Crippen LogP contribution is -2.56. The summed E-state index contributed by atoms with van der Waals surface area (Å²) in [6.45, 7) is 4.99. The second-order valence-corrected chi connectivity index (χ2v) is 5.15. The van der Waals surface area contributed by atoms with Gasteiger partial charge in [0, 0.05) is 25.2 Å². The molecule has 0 saturated carbocycles. The summed E-state index contributed by atoms with van der Waals surface area (Å²) in [6.07, 6.45) is 1.38. The number of nitrogens with zero attached hydrogens (tertiary/aromatic N) is 1. The molecule has 0 radical (unpaired) electrons. The Bertz CT molecular complexity index is 472. The summed E-state index contributed by atoms with van der Waals surface area (Å²) in [4.78, 5) is 14.2. The third kappa shape index (κ3) is 2.55.